The van der Waals surface area contributed by atoms with Crippen LogP contribution in [0.4, 0.5) is 17.6 Å². The molecule has 5 nitrogen and oxygen atoms in total. The Bertz CT molecular complexity index is 1140. The zero-order chi connectivity index (χ0) is 21.8. The first-order valence-electron chi connectivity index (χ1n) is 8.45. The van der Waals surface area contributed by atoms with Crippen LogP contribution >= 0.6 is 11.6 Å². The smallest absolute Gasteiger partial charge is 0.277 e. The van der Waals surface area contributed by atoms with E-state index in [0.717, 1.165) is 24.4 Å². The highest BCUT2D eigenvalue weighted by Crippen LogP contribution is 2.25. The van der Waals surface area contributed by atoms with Gasteiger partial charge in [0.1, 0.15) is 34.7 Å². The third-order valence-electron chi connectivity index (χ3n) is 4.10. The lowest BCUT2D eigenvalue weighted by molar-refractivity contribution is -0.109. The van der Waals surface area contributed by atoms with E-state index in [2.05, 4.69) is 5.32 Å². The molecule has 1 N–H and O–H groups in total. The molecule has 0 atom stereocenters. The van der Waals surface area contributed by atoms with Gasteiger partial charge >= 0.3 is 0 Å². The Labute approximate surface area is 172 Å². The second kappa shape index (κ2) is 9.00. The molecule has 0 radical (unpaired) electrons. The van der Waals surface area contributed by atoms with Crippen molar-refractivity contribution in [2.24, 2.45) is 0 Å². The molecule has 0 aliphatic carbocycles. The maximum absolute atomic E-state index is 14.4. The van der Waals surface area contributed by atoms with E-state index in [-0.39, 0.29) is 30.0 Å². The highest BCUT2D eigenvalue weighted by molar-refractivity contribution is 6.31. The Morgan fingerprint density at radius 3 is 2.37 bits per heavy atom. The zero-order valence-electron chi connectivity index (χ0n) is 15.1. The first kappa shape index (κ1) is 21.4. The topological polar surface area (TPSA) is 60.3 Å². The van der Waals surface area contributed by atoms with Crippen LogP contribution < -0.4 is 15.6 Å². The van der Waals surface area contributed by atoms with Gasteiger partial charge in [-0.05, 0) is 35.9 Å². The van der Waals surface area contributed by atoms with Crippen LogP contribution in [-0.2, 0) is 17.9 Å². The Balaban J connectivity index is 1.89. The summed E-state index contributed by atoms with van der Waals surface area (Å²) in [6.45, 7) is -0.448. The normalized spacial score (nSPS) is 10.7. The number of pyridine rings is 1. The van der Waals surface area contributed by atoms with Crippen LogP contribution in [0.2, 0.25) is 5.02 Å². The van der Waals surface area contributed by atoms with Crippen LogP contribution in [0.25, 0.3) is 5.69 Å². The molecule has 0 unspecified atom stereocenters. The third-order valence-corrected chi connectivity index (χ3v) is 4.45. The van der Waals surface area contributed by atoms with Crippen molar-refractivity contribution in [3.63, 3.8) is 0 Å². The van der Waals surface area contributed by atoms with Crippen molar-refractivity contribution in [2.75, 3.05) is 0 Å². The molecule has 1 amide bonds. The molecular weight excluding hydrogens is 428 g/mol. The van der Waals surface area contributed by atoms with Gasteiger partial charge in [0, 0.05) is 24.4 Å². The second-order valence-corrected chi connectivity index (χ2v) is 6.48. The van der Waals surface area contributed by atoms with Gasteiger partial charge in [0.05, 0.1) is 0 Å². The maximum Gasteiger partial charge on any atom is 0.277 e. The van der Waals surface area contributed by atoms with Gasteiger partial charge in [0.2, 0.25) is 6.41 Å². The molecule has 0 bridgehead atoms. The molecule has 1 heterocycles. The quantitative estimate of drug-likeness (QED) is 0.448. The highest BCUT2D eigenvalue weighted by atomic mass is 35.5. The van der Waals surface area contributed by atoms with E-state index in [0.29, 0.717) is 17.0 Å². The minimum atomic E-state index is -1.04. The summed E-state index contributed by atoms with van der Waals surface area (Å²) in [5.74, 6) is -3.83. The van der Waals surface area contributed by atoms with Crippen LogP contribution in [-0.4, -0.2) is 11.0 Å². The number of benzene rings is 2. The summed E-state index contributed by atoms with van der Waals surface area (Å²) in [4.78, 5) is 22.8. The van der Waals surface area contributed by atoms with Crippen molar-refractivity contribution < 1.29 is 27.1 Å². The SMILES string of the molecule is O=CNCc1cc(F)c(-n2ccc(OCc3ccc(F)cc3F)c(Cl)c2=O)c(F)c1. The largest absolute Gasteiger partial charge is 0.487 e. The monoisotopic (exact) mass is 440 g/mol. The van der Waals surface area contributed by atoms with Gasteiger partial charge in [-0.25, -0.2) is 17.6 Å². The number of hydrogen-bond donors (Lipinski definition) is 1. The van der Waals surface area contributed by atoms with Gasteiger partial charge in [0.15, 0.2) is 11.6 Å². The van der Waals surface area contributed by atoms with E-state index >= 15 is 0 Å². The molecule has 0 saturated carbocycles. The first-order valence-corrected chi connectivity index (χ1v) is 8.82. The van der Waals surface area contributed by atoms with E-state index in [1.54, 1.807) is 0 Å². The van der Waals surface area contributed by atoms with E-state index in [1.807, 2.05) is 0 Å². The Hall–Kier alpha value is -3.33. The number of ether oxygens (including phenoxy) is 1. The number of aromatic nitrogens is 1. The molecular formula is C20H13ClF4N2O3. The standard InChI is InChI=1S/C20H13ClF4N2O3/c21-18-17(30-9-12-1-2-13(22)7-14(12)23)3-4-27(20(18)29)19-15(24)5-11(6-16(19)25)8-26-10-28/h1-7,10H,8-9H2,(H,26,28). The van der Waals surface area contributed by atoms with Crippen LogP contribution in [0.3, 0.4) is 0 Å². The van der Waals surface area contributed by atoms with E-state index in [1.165, 1.54) is 12.1 Å². The van der Waals surface area contributed by atoms with Crippen LogP contribution in [0, 0.1) is 23.3 Å². The van der Waals surface area contributed by atoms with Crippen LogP contribution in [0.15, 0.2) is 47.4 Å². The van der Waals surface area contributed by atoms with Crippen LogP contribution in [0.1, 0.15) is 11.1 Å². The number of nitrogens with zero attached hydrogens (tertiary/aromatic N) is 1. The number of rotatable bonds is 7. The lowest BCUT2D eigenvalue weighted by atomic mass is 10.1. The summed E-state index contributed by atoms with van der Waals surface area (Å²) < 4.78 is 61.5. The van der Waals surface area contributed by atoms with Gasteiger partial charge < -0.3 is 10.1 Å². The molecule has 10 heteroatoms. The summed E-state index contributed by atoms with van der Waals surface area (Å²) in [5, 5.41) is 1.79. The Morgan fingerprint density at radius 1 is 1.03 bits per heavy atom. The molecule has 1 aromatic heterocycles. The van der Waals surface area contributed by atoms with Gasteiger partial charge in [0.25, 0.3) is 5.56 Å². The van der Waals surface area contributed by atoms with E-state index in [9.17, 15) is 27.2 Å². The number of amides is 1. The number of carbonyl (C=O) groups is 1. The zero-order valence-corrected chi connectivity index (χ0v) is 15.9. The maximum atomic E-state index is 14.4. The minimum Gasteiger partial charge on any atom is -0.487 e. The average molecular weight is 441 g/mol. The lowest BCUT2D eigenvalue weighted by Gasteiger charge is -2.13. The summed E-state index contributed by atoms with van der Waals surface area (Å²) in [5.41, 5.74) is -1.45. The minimum absolute atomic E-state index is 0.0215. The fourth-order valence-electron chi connectivity index (χ4n) is 2.69. The van der Waals surface area contributed by atoms with Gasteiger partial charge in [-0.2, -0.15) is 0 Å². The number of nitrogens with one attached hydrogen (secondary N) is 1. The highest BCUT2D eigenvalue weighted by Gasteiger charge is 2.18. The fourth-order valence-corrected chi connectivity index (χ4v) is 2.89. The molecule has 30 heavy (non-hydrogen) atoms. The lowest BCUT2D eigenvalue weighted by Crippen LogP contribution is -2.21. The molecule has 156 valence electrons. The van der Waals surface area contributed by atoms with Crippen molar-refractivity contribution >= 4 is 18.0 Å². The van der Waals surface area contributed by atoms with E-state index < -0.39 is 39.5 Å². The van der Waals surface area contributed by atoms with Crippen molar-refractivity contribution in [1.29, 1.82) is 0 Å². The summed E-state index contributed by atoms with van der Waals surface area (Å²) in [7, 11) is 0. The average Bonchev–Trinajstić information content (AvgIpc) is 2.69. The molecule has 0 aliphatic rings. The molecule has 2 aromatic carbocycles. The van der Waals surface area contributed by atoms with Gasteiger partial charge in [-0.1, -0.05) is 11.6 Å². The predicted octanol–water partition coefficient (Wildman–Crippen LogP) is 3.87. The Kier molecular flexibility index (Phi) is 6.41. The van der Waals surface area contributed by atoms with Gasteiger partial charge in [-0.15, -0.1) is 0 Å². The van der Waals surface area contributed by atoms with Crippen molar-refractivity contribution in [3.8, 4) is 11.4 Å². The van der Waals surface area contributed by atoms with Crippen molar-refractivity contribution in [1.82, 2.24) is 9.88 Å². The molecule has 3 aromatic rings. The van der Waals surface area contributed by atoms with E-state index in [4.69, 9.17) is 16.3 Å². The third kappa shape index (κ3) is 4.46. The molecule has 0 aliphatic heterocycles. The van der Waals surface area contributed by atoms with Crippen molar-refractivity contribution in [2.45, 2.75) is 13.2 Å². The molecule has 0 fully saturated rings. The van der Waals surface area contributed by atoms with Crippen LogP contribution in [0.5, 0.6) is 5.75 Å². The second-order valence-electron chi connectivity index (χ2n) is 6.10. The first-order chi connectivity index (χ1) is 14.3. The van der Waals surface area contributed by atoms with Gasteiger partial charge in [-0.3, -0.25) is 14.2 Å². The summed E-state index contributed by atoms with van der Waals surface area (Å²) >= 11 is 5.98. The number of hydrogen-bond acceptors (Lipinski definition) is 3. The number of halogens is 5. The molecule has 0 spiro atoms. The van der Waals surface area contributed by atoms with Crippen molar-refractivity contribution in [3.05, 3.63) is 92.4 Å². The Morgan fingerprint density at radius 2 is 1.73 bits per heavy atom. The molecule has 0 saturated heterocycles. The summed E-state index contributed by atoms with van der Waals surface area (Å²) in [6.07, 6.45) is 1.43. The fraction of sp³-hybridized carbons (Fsp3) is 0.100. The molecule has 3 rings (SSSR count). The number of carbonyl (C=O) groups excluding carboxylic acids is 1. The predicted molar refractivity (Wildman–Crippen MR) is 101 cm³/mol. The summed E-state index contributed by atoms with van der Waals surface area (Å²) in [6, 6.07) is 6.02.